The summed E-state index contributed by atoms with van der Waals surface area (Å²) in [5.74, 6) is 2.96. The van der Waals surface area contributed by atoms with Gasteiger partial charge in [0.1, 0.15) is 11.5 Å². The summed E-state index contributed by atoms with van der Waals surface area (Å²) >= 11 is 0. The number of hydrogen-bond acceptors (Lipinski definition) is 2. The lowest BCUT2D eigenvalue weighted by Gasteiger charge is -2.05. The highest BCUT2D eigenvalue weighted by Crippen LogP contribution is 2.02. The van der Waals surface area contributed by atoms with Gasteiger partial charge in [-0.1, -0.05) is 13.8 Å². The quantitative estimate of drug-likeness (QED) is 0.469. The van der Waals surface area contributed by atoms with Crippen LogP contribution in [0.4, 0.5) is 0 Å². The number of carbonyl (C=O) groups excluding carboxylic acids is 1. The molecule has 0 saturated carbocycles. The lowest BCUT2D eigenvalue weighted by molar-refractivity contribution is -0.139. The molecule has 0 unspecified atom stereocenters. The van der Waals surface area contributed by atoms with E-state index in [9.17, 15) is 4.79 Å². The van der Waals surface area contributed by atoms with Crippen molar-refractivity contribution in [3.8, 4) is 0 Å². The van der Waals surface area contributed by atoms with Gasteiger partial charge in [0, 0.05) is 0 Å². The van der Waals surface area contributed by atoms with Crippen LogP contribution in [-0.2, 0) is 20.4 Å². The molecule has 0 saturated heterocycles. The second kappa shape index (κ2) is 8.42. The zero-order chi connectivity index (χ0) is 10.1. The average molecular weight is 205 g/mol. The lowest BCUT2D eigenvalue weighted by Crippen LogP contribution is -2.23. The molecule has 0 radical (unpaired) electrons. The Labute approximate surface area is 84.4 Å². The summed E-state index contributed by atoms with van der Waals surface area (Å²) in [7, 11) is 0.269. The molecule has 0 aromatic rings. The van der Waals surface area contributed by atoms with E-state index in [-0.39, 0.29) is 16.9 Å². The Morgan fingerprint density at radius 2 is 1.69 bits per heavy atom. The largest absolute Gasteiger partial charge is 0.463 e. The highest BCUT2D eigenvalue weighted by molar-refractivity contribution is 7.97. The molecule has 2 nitrogen and oxygen atoms in total. The first-order chi connectivity index (χ1) is 6.24. The molecule has 0 N–H and O–H groups in total. The Hall–Kier alpha value is -0.180. The third-order valence-corrected chi connectivity index (χ3v) is 4.23. The third kappa shape index (κ3) is 6.94. The second-order valence-electron chi connectivity index (χ2n) is 2.97. The van der Waals surface area contributed by atoms with E-state index in [1.807, 2.05) is 6.92 Å². The molecule has 0 rings (SSSR count). The van der Waals surface area contributed by atoms with Crippen LogP contribution in [0.3, 0.4) is 0 Å². The number of ether oxygens (including phenoxy) is 1. The van der Waals surface area contributed by atoms with Gasteiger partial charge in [-0.3, -0.25) is 0 Å². The SMILES string of the molecule is CCC[S+](CCC)CC(=O)OCC. The summed E-state index contributed by atoms with van der Waals surface area (Å²) in [6.45, 7) is 6.70. The molecule has 0 aliphatic heterocycles. The fourth-order valence-electron chi connectivity index (χ4n) is 1.19. The molecule has 0 aromatic heterocycles. The maximum atomic E-state index is 11.2. The van der Waals surface area contributed by atoms with Gasteiger partial charge in [-0.25, -0.2) is 4.79 Å². The monoisotopic (exact) mass is 205 g/mol. The van der Waals surface area contributed by atoms with Crippen molar-refractivity contribution in [1.29, 1.82) is 0 Å². The standard InChI is InChI=1S/C10H21O2S/c1-4-7-13(8-5-2)9-10(11)12-6-3/h4-9H2,1-3H3/q+1. The van der Waals surface area contributed by atoms with Crippen LogP contribution >= 0.6 is 0 Å². The number of hydrogen-bond donors (Lipinski definition) is 0. The number of rotatable bonds is 7. The predicted octanol–water partition coefficient (Wildman–Crippen LogP) is 1.99. The van der Waals surface area contributed by atoms with E-state index >= 15 is 0 Å². The van der Waals surface area contributed by atoms with Crippen LogP contribution in [0, 0.1) is 0 Å². The molecule has 0 aliphatic rings. The van der Waals surface area contributed by atoms with Crippen molar-refractivity contribution >= 4 is 16.9 Å². The van der Waals surface area contributed by atoms with E-state index in [4.69, 9.17) is 4.74 Å². The smallest absolute Gasteiger partial charge is 0.356 e. The average Bonchev–Trinajstić information content (AvgIpc) is 2.05. The van der Waals surface area contributed by atoms with Crippen LogP contribution in [-0.4, -0.2) is 29.8 Å². The second-order valence-corrected chi connectivity index (χ2v) is 5.30. The summed E-state index contributed by atoms with van der Waals surface area (Å²) in [5.41, 5.74) is 0. The van der Waals surface area contributed by atoms with Gasteiger partial charge in [-0.2, -0.15) is 0 Å². The molecule has 13 heavy (non-hydrogen) atoms. The van der Waals surface area contributed by atoms with Gasteiger partial charge >= 0.3 is 5.97 Å². The Kier molecular flexibility index (Phi) is 8.30. The van der Waals surface area contributed by atoms with E-state index in [0.717, 1.165) is 0 Å². The van der Waals surface area contributed by atoms with Crippen LogP contribution in [0.25, 0.3) is 0 Å². The Balaban J connectivity index is 3.71. The maximum Gasteiger partial charge on any atom is 0.356 e. The van der Waals surface area contributed by atoms with Crippen molar-refractivity contribution in [1.82, 2.24) is 0 Å². The summed E-state index contributed by atoms with van der Waals surface area (Å²) in [6.07, 6.45) is 2.34. The minimum Gasteiger partial charge on any atom is -0.463 e. The fraction of sp³-hybridized carbons (Fsp3) is 0.900. The summed E-state index contributed by atoms with van der Waals surface area (Å²) < 4.78 is 4.93. The van der Waals surface area contributed by atoms with Gasteiger partial charge in [0.25, 0.3) is 0 Å². The number of carbonyl (C=O) groups is 1. The van der Waals surface area contributed by atoms with Crippen molar-refractivity contribution in [3.63, 3.8) is 0 Å². The zero-order valence-corrected chi connectivity index (χ0v) is 9.78. The van der Waals surface area contributed by atoms with Crippen molar-refractivity contribution in [2.45, 2.75) is 33.6 Å². The molecule has 3 heteroatoms. The van der Waals surface area contributed by atoms with Crippen LogP contribution in [0.5, 0.6) is 0 Å². The lowest BCUT2D eigenvalue weighted by atomic mass is 10.6. The Morgan fingerprint density at radius 3 is 2.08 bits per heavy atom. The molecule has 0 atom stereocenters. The molecule has 78 valence electrons. The first kappa shape index (κ1) is 12.8. The van der Waals surface area contributed by atoms with E-state index in [0.29, 0.717) is 12.4 Å². The van der Waals surface area contributed by atoms with E-state index < -0.39 is 0 Å². The Morgan fingerprint density at radius 1 is 1.15 bits per heavy atom. The third-order valence-electron chi connectivity index (χ3n) is 1.61. The minimum atomic E-state index is -0.0206. The molecule has 0 aliphatic carbocycles. The van der Waals surface area contributed by atoms with Gasteiger partial charge in [0.15, 0.2) is 0 Å². The van der Waals surface area contributed by atoms with Crippen LogP contribution in [0.15, 0.2) is 0 Å². The molecule has 0 heterocycles. The maximum absolute atomic E-state index is 11.2. The van der Waals surface area contributed by atoms with Gasteiger partial charge in [0.2, 0.25) is 5.75 Å². The van der Waals surface area contributed by atoms with Crippen molar-refractivity contribution in [2.75, 3.05) is 23.9 Å². The summed E-state index contributed by atoms with van der Waals surface area (Å²) in [6, 6.07) is 0. The van der Waals surface area contributed by atoms with E-state index in [2.05, 4.69) is 13.8 Å². The van der Waals surface area contributed by atoms with E-state index in [1.165, 1.54) is 24.3 Å². The Bertz CT molecular complexity index is 131. The normalized spacial score (nSPS) is 10.5. The molecule has 0 fully saturated rings. The summed E-state index contributed by atoms with van der Waals surface area (Å²) in [4.78, 5) is 11.2. The predicted molar refractivity (Wildman–Crippen MR) is 59.2 cm³/mol. The molecule has 0 spiro atoms. The highest BCUT2D eigenvalue weighted by atomic mass is 32.2. The van der Waals surface area contributed by atoms with E-state index in [1.54, 1.807) is 0 Å². The van der Waals surface area contributed by atoms with Gasteiger partial charge in [0.05, 0.1) is 6.61 Å². The highest BCUT2D eigenvalue weighted by Gasteiger charge is 2.20. The molecule has 0 bridgehead atoms. The first-order valence-electron chi connectivity index (χ1n) is 5.04. The van der Waals surface area contributed by atoms with Crippen LogP contribution in [0.1, 0.15) is 33.6 Å². The topological polar surface area (TPSA) is 26.3 Å². The van der Waals surface area contributed by atoms with Crippen molar-refractivity contribution in [3.05, 3.63) is 0 Å². The van der Waals surface area contributed by atoms with Gasteiger partial charge in [-0.05, 0) is 30.7 Å². The number of esters is 1. The van der Waals surface area contributed by atoms with Crippen molar-refractivity contribution in [2.24, 2.45) is 0 Å². The zero-order valence-electron chi connectivity index (χ0n) is 8.97. The molecule has 0 amide bonds. The molecular formula is C10H21O2S+. The summed E-state index contributed by atoms with van der Waals surface area (Å²) in [5, 5.41) is 0. The van der Waals surface area contributed by atoms with Gasteiger partial charge < -0.3 is 4.74 Å². The van der Waals surface area contributed by atoms with Crippen LogP contribution in [0.2, 0.25) is 0 Å². The van der Waals surface area contributed by atoms with Crippen LogP contribution < -0.4 is 0 Å². The fourth-order valence-corrected chi connectivity index (χ4v) is 3.26. The molecular weight excluding hydrogens is 184 g/mol. The first-order valence-corrected chi connectivity index (χ1v) is 6.77. The van der Waals surface area contributed by atoms with Crippen molar-refractivity contribution < 1.29 is 9.53 Å². The van der Waals surface area contributed by atoms with Gasteiger partial charge in [-0.15, -0.1) is 0 Å². The molecule has 0 aromatic carbocycles. The minimum absolute atomic E-state index is 0.0206.